The second-order valence-electron chi connectivity index (χ2n) is 6.30. The topological polar surface area (TPSA) is 49.6 Å². The van der Waals surface area contributed by atoms with Crippen molar-refractivity contribution in [1.29, 1.82) is 0 Å². The van der Waals surface area contributed by atoms with Crippen LogP contribution in [0.5, 0.6) is 0 Å². The van der Waals surface area contributed by atoms with Crippen molar-refractivity contribution in [2.24, 2.45) is 5.73 Å². The Kier molecular flexibility index (Phi) is 8.34. The first-order valence-corrected chi connectivity index (χ1v) is 8.06. The number of likely N-dealkylation sites (tertiary alicyclic amines) is 2. The average Bonchev–Trinajstić information content (AvgIpc) is 2.95. The largest absolute Gasteiger partial charge is 0.340 e. The minimum Gasteiger partial charge on any atom is -0.340 e. The van der Waals surface area contributed by atoms with Gasteiger partial charge in [0.2, 0.25) is 5.91 Å². The number of rotatable bonds is 3. The van der Waals surface area contributed by atoms with E-state index in [0.29, 0.717) is 5.91 Å². The van der Waals surface area contributed by atoms with Gasteiger partial charge < -0.3 is 10.6 Å². The molecule has 2 atom stereocenters. The monoisotopic (exact) mass is 359 g/mol. The van der Waals surface area contributed by atoms with Crippen molar-refractivity contribution in [2.75, 3.05) is 19.6 Å². The van der Waals surface area contributed by atoms with Crippen LogP contribution in [-0.2, 0) is 11.3 Å². The molecule has 0 saturated carbocycles. The summed E-state index contributed by atoms with van der Waals surface area (Å²) < 4.78 is 0. The van der Waals surface area contributed by atoms with Crippen molar-refractivity contribution < 1.29 is 4.79 Å². The highest BCUT2D eigenvalue weighted by molar-refractivity contribution is 5.85. The molecule has 0 radical (unpaired) electrons. The summed E-state index contributed by atoms with van der Waals surface area (Å²) in [4.78, 5) is 17.1. The molecule has 2 heterocycles. The molecule has 130 valence electrons. The third kappa shape index (κ3) is 5.08. The Morgan fingerprint density at radius 3 is 2.48 bits per heavy atom. The minimum atomic E-state index is 0. The molecule has 1 aromatic carbocycles. The van der Waals surface area contributed by atoms with Crippen molar-refractivity contribution in [3.8, 4) is 0 Å². The number of hydrogen-bond donors (Lipinski definition) is 1. The molecule has 4 nitrogen and oxygen atoms in total. The third-order valence-corrected chi connectivity index (χ3v) is 4.66. The van der Waals surface area contributed by atoms with E-state index in [2.05, 4.69) is 29.2 Å². The average molecular weight is 360 g/mol. The van der Waals surface area contributed by atoms with Gasteiger partial charge in [0, 0.05) is 25.7 Å². The summed E-state index contributed by atoms with van der Waals surface area (Å²) in [6, 6.07) is 10.7. The van der Waals surface area contributed by atoms with Crippen LogP contribution in [0.15, 0.2) is 30.3 Å². The molecule has 6 heteroatoms. The van der Waals surface area contributed by atoms with Gasteiger partial charge in [0.15, 0.2) is 0 Å². The van der Waals surface area contributed by atoms with E-state index in [0.717, 1.165) is 45.4 Å². The maximum absolute atomic E-state index is 12.8. The van der Waals surface area contributed by atoms with Gasteiger partial charge in [-0.25, -0.2) is 0 Å². The molecule has 0 bridgehead atoms. The quantitative estimate of drug-likeness (QED) is 0.901. The van der Waals surface area contributed by atoms with Gasteiger partial charge in [-0.05, 0) is 31.4 Å². The molecular formula is C17H27Cl2N3O. The molecule has 2 N–H and O–H groups in total. The van der Waals surface area contributed by atoms with Crippen LogP contribution in [0.4, 0.5) is 0 Å². The maximum Gasteiger partial charge on any atom is 0.239 e. The van der Waals surface area contributed by atoms with E-state index >= 15 is 0 Å². The predicted octanol–water partition coefficient (Wildman–Crippen LogP) is 2.44. The maximum atomic E-state index is 12.8. The lowest BCUT2D eigenvalue weighted by Crippen LogP contribution is -2.50. The van der Waals surface area contributed by atoms with E-state index in [4.69, 9.17) is 5.73 Å². The summed E-state index contributed by atoms with van der Waals surface area (Å²) in [6.45, 7) is 3.45. The van der Waals surface area contributed by atoms with Crippen molar-refractivity contribution in [2.45, 2.75) is 44.3 Å². The lowest BCUT2D eigenvalue weighted by molar-refractivity contribution is -0.137. The molecule has 2 aliphatic rings. The first-order chi connectivity index (χ1) is 10.2. The minimum absolute atomic E-state index is 0. The summed E-state index contributed by atoms with van der Waals surface area (Å²) in [5.74, 6) is 0.290. The first-order valence-electron chi connectivity index (χ1n) is 8.06. The molecule has 0 aromatic heterocycles. The van der Waals surface area contributed by atoms with Crippen LogP contribution in [0.3, 0.4) is 0 Å². The molecule has 2 saturated heterocycles. The van der Waals surface area contributed by atoms with Gasteiger partial charge in [-0.3, -0.25) is 9.69 Å². The highest BCUT2D eigenvalue weighted by Crippen LogP contribution is 2.22. The van der Waals surface area contributed by atoms with Gasteiger partial charge in [-0.2, -0.15) is 0 Å². The fourth-order valence-electron chi connectivity index (χ4n) is 3.48. The van der Waals surface area contributed by atoms with E-state index in [9.17, 15) is 4.79 Å². The number of nitrogens with zero attached hydrogens (tertiary/aromatic N) is 2. The third-order valence-electron chi connectivity index (χ3n) is 4.66. The van der Waals surface area contributed by atoms with Gasteiger partial charge in [0.1, 0.15) is 0 Å². The fourth-order valence-corrected chi connectivity index (χ4v) is 3.48. The number of halogens is 2. The molecule has 0 aliphatic carbocycles. The van der Waals surface area contributed by atoms with Gasteiger partial charge in [0.25, 0.3) is 0 Å². The van der Waals surface area contributed by atoms with Crippen LogP contribution >= 0.6 is 24.8 Å². The van der Waals surface area contributed by atoms with Gasteiger partial charge >= 0.3 is 0 Å². The molecule has 1 unspecified atom stereocenters. The van der Waals surface area contributed by atoms with E-state index in [1.807, 2.05) is 11.0 Å². The van der Waals surface area contributed by atoms with Crippen LogP contribution in [0, 0.1) is 0 Å². The number of amides is 1. The van der Waals surface area contributed by atoms with E-state index in [-0.39, 0.29) is 36.9 Å². The number of nitrogens with two attached hydrogens (primary N) is 1. The molecule has 23 heavy (non-hydrogen) atoms. The highest BCUT2D eigenvalue weighted by Gasteiger charge is 2.34. The zero-order chi connectivity index (χ0) is 14.7. The second-order valence-corrected chi connectivity index (χ2v) is 6.30. The first kappa shape index (κ1) is 20.2. The lowest BCUT2D eigenvalue weighted by atomic mass is 10.00. The van der Waals surface area contributed by atoms with Crippen LogP contribution in [-0.4, -0.2) is 47.4 Å². The highest BCUT2D eigenvalue weighted by atomic mass is 35.5. The summed E-state index contributed by atoms with van der Waals surface area (Å²) >= 11 is 0. The van der Waals surface area contributed by atoms with Crippen LogP contribution in [0.1, 0.15) is 31.2 Å². The molecule has 1 aromatic rings. The zero-order valence-electron chi connectivity index (χ0n) is 13.4. The van der Waals surface area contributed by atoms with Crippen molar-refractivity contribution >= 4 is 30.7 Å². The van der Waals surface area contributed by atoms with Crippen molar-refractivity contribution in [3.63, 3.8) is 0 Å². The van der Waals surface area contributed by atoms with Crippen LogP contribution < -0.4 is 5.73 Å². The Bertz CT molecular complexity index is 486. The summed E-state index contributed by atoms with van der Waals surface area (Å²) in [5.41, 5.74) is 7.23. The number of piperidine rings is 1. The SMILES string of the molecule is Cl.Cl.N[C@@H]1CCN(C(=O)C2CCCCN2Cc2ccccc2)C1. The molecule has 0 spiro atoms. The summed E-state index contributed by atoms with van der Waals surface area (Å²) in [7, 11) is 0. The molecule has 2 aliphatic heterocycles. The fraction of sp³-hybridized carbons (Fsp3) is 0.588. The zero-order valence-corrected chi connectivity index (χ0v) is 15.0. The number of carbonyl (C=O) groups excluding carboxylic acids is 1. The van der Waals surface area contributed by atoms with E-state index < -0.39 is 0 Å². The Balaban J connectivity index is 0.00000132. The number of hydrogen-bond acceptors (Lipinski definition) is 3. The normalized spacial score (nSPS) is 24.7. The standard InChI is InChI=1S/C17H25N3O.2ClH/c18-15-9-11-20(13-15)17(21)16-8-4-5-10-19(16)12-14-6-2-1-3-7-14;;/h1-3,6-7,15-16H,4-5,8-13,18H2;2*1H/t15-,16?;;/m1../s1. The smallest absolute Gasteiger partial charge is 0.239 e. The number of carbonyl (C=O) groups is 1. The molecule has 1 amide bonds. The summed E-state index contributed by atoms with van der Waals surface area (Å²) in [6.07, 6.45) is 4.27. The van der Waals surface area contributed by atoms with Gasteiger partial charge in [-0.15, -0.1) is 24.8 Å². The number of benzene rings is 1. The van der Waals surface area contributed by atoms with Crippen molar-refractivity contribution in [3.05, 3.63) is 35.9 Å². The van der Waals surface area contributed by atoms with E-state index in [1.54, 1.807) is 0 Å². The Hall–Kier alpha value is -0.810. The summed E-state index contributed by atoms with van der Waals surface area (Å²) in [5, 5.41) is 0. The molecular weight excluding hydrogens is 333 g/mol. The molecule has 3 rings (SSSR count). The van der Waals surface area contributed by atoms with Gasteiger partial charge in [-0.1, -0.05) is 36.8 Å². The lowest BCUT2D eigenvalue weighted by Gasteiger charge is -2.36. The van der Waals surface area contributed by atoms with E-state index in [1.165, 1.54) is 12.0 Å². The predicted molar refractivity (Wildman–Crippen MR) is 98.2 cm³/mol. The van der Waals surface area contributed by atoms with Crippen molar-refractivity contribution in [1.82, 2.24) is 9.80 Å². The van der Waals surface area contributed by atoms with Crippen LogP contribution in [0.2, 0.25) is 0 Å². The van der Waals surface area contributed by atoms with Gasteiger partial charge in [0.05, 0.1) is 6.04 Å². The Labute approximate surface area is 151 Å². The van der Waals surface area contributed by atoms with Crippen LogP contribution in [0.25, 0.3) is 0 Å². The second kappa shape index (κ2) is 9.48. The Morgan fingerprint density at radius 2 is 1.83 bits per heavy atom. The Morgan fingerprint density at radius 1 is 1.09 bits per heavy atom. The molecule has 2 fully saturated rings.